The second kappa shape index (κ2) is 10.7. The highest BCUT2D eigenvalue weighted by Gasteiger charge is 2.60. The van der Waals surface area contributed by atoms with Gasteiger partial charge < -0.3 is 9.64 Å². The van der Waals surface area contributed by atoms with Crippen molar-refractivity contribution in [3.05, 3.63) is 141 Å². The van der Waals surface area contributed by atoms with Crippen molar-refractivity contribution < 1.29 is 14.3 Å². The highest BCUT2D eigenvalue weighted by molar-refractivity contribution is 9.12. The highest BCUT2D eigenvalue weighted by atomic mass is 79.9. The molecule has 0 radical (unpaired) electrons. The molecule has 6 heteroatoms. The molecule has 202 valence electrons. The molecular weight excluding hydrogens is 564 g/mol. The maximum atomic E-state index is 13.5. The quantitative estimate of drug-likeness (QED) is 0.230. The molecule has 2 saturated heterocycles. The van der Waals surface area contributed by atoms with Crippen LogP contribution in [0.15, 0.2) is 124 Å². The minimum Gasteiger partial charge on any atom is -0.492 e. The number of benzene rings is 3. The number of ketones is 2. The Morgan fingerprint density at radius 1 is 0.850 bits per heavy atom. The number of likely N-dealkylation sites (tertiary alicyclic amines) is 1. The van der Waals surface area contributed by atoms with Gasteiger partial charge in [0.1, 0.15) is 0 Å². The van der Waals surface area contributed by atoms with Crippen molar-refractivity contribution in [2.24, 2.45) is 0 Å². The Kier molecular flexibility index (Phi) is 7.07. The summed E-state index contributed by atoms with van der Waals surface area (Å²) in [5.74, 6) is -0.388. The van der Waals surface area contributed by atoms with E-state index < -0.39 is 0 Å². The van der Waals surface area contributed by atoms with Gasteiger partial charge in [-0.05, 0) is 52.5 Å². The Morgan fingerprint density at radius 3 is 1.90 bits per heavy atom. The Hall–Kier alpha value is -3.74. The van der Waals surface area contributed by atoms with Crippen molar-refractivity contribution in [3.63, 3.8) is 0 Å². The van der Waals surface area contributed by atoms with Crippen LogP contribution in [0.4, 0.5) is 0 Å². The van der Waals surface area contributed by atoms with Crippen molar-refractivity contribution in [2.45, 2.75) is 38.0 Å². The van der Waals surface area contributed by atoms with Crippen molar-refractivity contribution >= 4 is 27.5 Å². The van der Waals surface area contributed by atoms with Gasteiger partial charge in [0.05, 0.1) is 29.7 Å². The lowest BCUT2D eigenvalue weighted by Gasteiger charge is -2.34. The predicted octanol–water partition coefficient (Wildman–Crippen LogP) is 6.51. The molecule has 0 spiro atoms. The maximum Gasteiger partial charge on any atom is 0.229 e. The minimum absolute atomic E-state index is 0.0766. The van der Waals surface area contributed by atoms with E-state index in [1.165, 1.54) is 23.8 Å². The molecule has 0 aromatic heterocycles. The number of carbonyl (C=O) groups is 2. The number of ether oxygens (including phenoxy) is 1. The lowest BCUT2D eigenvalue weighted by molar-refractivity contribution is -0.118. The summed E-state index contributed by atoms with van der Waals surface area (Å²) >= 11 is 3.46. The van der Waals surface area contributed by atoms with Gasteiger partial charge in [0.2, 0.25) is 5.78 Å². The topological polar surface area (TPSA) is 49.6 Å². The van der Waals surface area contributed by atoms with Gasteiger partial charge in [-0.25, -0.2) is 0 Å². The van der Waals surface area contributed by atoms with Crippen LogP contribution in [0.2, 0.25) is 0 Å². The average molecular weight is 596 g/mol. The number of hydrogen-bond acceptors (Lipinski definition) is 5. The number of methoxy groups -OCH3 is 1. The first-order chi connectivity index (χ1) is 19.4. The lowest BCUT2D eigenvalue weighted by Crippen LogP contribution is -2.32. The molecule has 3 aromatic rings. The predicted molar refractivity (Wildman–Crippen MR) is 159 cm³/mol. The Labute approximate surface area is 243 Å². The molecule has 0 bridgehead atoms. The van der Waals surface area contributed by atoms with Crippen molar-refractivity contribution in [1.29, 1.82) is 0 Å². The number of halogens is 1. The molecular formula is C34H31BrN2O3. The number of allylic oxidation sites excluding steroid dienone is 4. The summed E-state index contributed by atoms with van der Waals surface area (Å²) < 4.78 is 5.67. The maximum absolute atomic E-state index is 13.5. The second-order valence-electron chi connectivity index (χ2n) is 10.5. The van der Waals surface area contributed by atoms with Crippen LogP contribution >= 0.6 is 15.9 Å². The number of hydrogen-bond donors (Lipinski definition) is 0. The van der Waals surface area contributed by atoms with E-state index in [1.807, 2.05) is 24.3 Å². The van der Waals surface area contributed by atoms with E-state index in [4.69, 9.17) is 4.74 Å². The summed E-state index contributed by atoms with van der Waals surface area (Å²) in [4.78, 5) is 31.5. The molecule has 3 aliphatic rings. The molecule has 4 atom stereocenters. The zero-order valence-electron chi connectivity index (χ0n) is 22.8. The summed E-state index contributed by atoms with van der Waals surface area (Å²) in [6.07, 6.45) is 1.92. The molecule has 0 saturated carbocycles. The zero-order chi connectivity index (χ0) is 28.0. The molecule has 0 N–H and O–H groups in total. The summed E-state index contributed by atoms with van der Waals surface area (Å²) in [7, 11) is 1.44. The van der Waals surface area contributed by atoms with Gasteiger partial charge in [-0.15, -0.1) is 0 Å². The molecule has 2 aliphatic heterocycles. The third-order valence-electron chi connectivity index (χ3n) is 8.34. The zero-order valence-corrected chi connectivity index (χ0v) is 24.3. The van der Waals surface area contributed by atoms with E-state index >= 15 is 0 Å². The second-order valence-corrected chi connectivity index (χ2v) is 11.3. The van der Waals surface area contributed by atoms with Crippen LogP contribution < -0.4 is 0 Å². The molecule has 2 unspecified atom stereocenters. The fraction of sp³-hybridized carbons (Fsp3) is 0.235. The van der Waals surface area contributed by atoms with Gasteiger partial charge in [0, 0.05) is 29.4 Å². The number of carbonyl (C=O) groups excluding carboxylic acids is 2. The molecule has 3 aromatic carbocycles. The van der Waals surface area contributed by atoms with Gasteiger partial charge in [0.15, 0.2) is 11.5 Å². The molecule has 1 aliphatic carbocycles. The van der Waals surface area contributed by atoms with Gasteiger partial charge in [-0.3, -0.25) is 14.5 Å². The van der Waals surface area contributed by atoms with Gasteiger partial charge in [-0.2, -0.15) is 0 Å². The molecule has 2 heterocycles. The van der Waals surface area contributed by atoms with E-state index in [-0.39, 0.29) is 46.0 Å². The highest BCUT2D eigenvalue weighted by Crippen LogP contribution is 2.53. The normalized spacial score (nSPS) is 24.2. The number of rotatable bonds is 7. The molecule has 2 fully saturated rings. The van der Waals surface area contributed by atoms with Crippen LogP contribution in [-0.4, -0.2) is 47.1 Å². The average Bonchev–Trinajstić information content (AvgIpc) is 3.55. The molecule has 6 rings (SSSR count). The number of nitrogens with zero attached hydrogens (tertiary/aromatic N) is 2. The first-order valence-electron chi connectivity index (χ1n) is 13.6. The third-order valence-corrected chi connectivity index (χ3v) is 9.13. The van der Waals surface area contributed by atoms with Gasteiger partial charge in [0.25, 0.3) is 0 Å². The number of piperazine rings is 1. The van der Waals surface area contributed by atoms with E-state index in [0.29, 0.717) is 11.1 Å². The van der Waals surface area contributed by atoms with Crippen LogP contribution in [0.25, 0.3) is 0 Å². The Bertz CT molecular complexity index is 1510. The van der Waals surface area contributed by atoms with Crippen LogP contribution in [0.3, 0.4) is 0 Å². The van der Waals surface area contributed by atoms with Crippen molar-refractivity contribution in [1.82, 2.24) is 9.80 Å². The van der Waals surface area contributed by atoms with Crippen LogP contribution in [0.1, 0.15) is 42.6 Å². The van der Waals surface area contributed by atoms with Crippen LogP contribution in [-0.2, 0) is 14.3 Å². The fourth-order valence-corrected chi connectivity index (χ4v) is 6.84. The lowest BCUT2D eigenvalue weighted by atomic mass is 9.94. The first kappa shape index (κ1) is 26.5. The summed E-state index contributed by atoms with van der Waals surface area (Å²) in [5.41, 5.74) is 5.37. The van der Waals surface area contributed by atoms with E-state index in [9.17, 15) is 9.59 Å². The number of Topliss-reactive ketones (excluding diaryl/α,β-unsaturated/α-hetero) is 2. The van der Waals surface area contributed by atoms with Crippen LogP contribution in [0.5, 0.6) is 0 Å². The monoisotopic (exact) mass is 594 g/mol. The van der Waals surface area contributed by atoms with Gasteiger partial charge in [-0.1, -0.05) is 91.0 Å². The van der Waals surface area contributed by atoms with E-state index in [0.717, 1.165) is 12.2 Å². The standard InChI is InChI=1S/C34H31BrN2O3/c1-21-32(38)29(35)26(33(39)34(21)40-3)19-27-31-28(20-36(27)22(2)23-13-7-4-8-14-23)37(31)30(24-15-9-5-10-16-24)25-17-11-6-12-18-25/h4-19,22,28,30-31H,20H2,1-3H3/b27-19+/t22?,28-,31+,37?/m0/s1. The smallest absolute Gasteiger partial charge is 0.229 e. The summed E-state index contributed by atoms with van der Waals surface area (Å²) in [5, 5.41) is 0. The number of fused-ring (bicyclic) bond motifs is 1. The van der Waals surface area contributed by atoms with Crippen LogP contribution in [0, 0.1) is 0 Å². The minimum atomic E-state index is -0.274. The third kappa shape index (κ3) is 4.45. The van der Waals surface area contributed by atoms with Gasteiger partial charge >= 0.3 is 0 Å². The Morgan fingerprint density at radius 2 is 1.38 bits per heavy atom. The summed E-state index contributed by atoms with van der Waals surface area (Å²) in [6.45, 7) is 4.65. The molecule has 0 amide bonds. The van der Waals surface area contributed by atoms with Crippen molar-refractivity contribution in [3.8, 4) is 0 Å². The first-order valence-corrected chi connectivity index (χ1v) is 14.4. The SMILES string of the molecule is COC1=C(C)C(=O)C(Br)=C(/C=C2\[C@@H]3[C@H](CN2C(C)c2ccccc2)N3C(c2ccccc2)c2ccccc2)C1=O. The molecule has 5 nitrogen and oxygen atoms in total. The van der Waals surface area contributed by atoms with Crippen molar-refractivity contribution in [2.75, 3.05) is 13.7 Å². The molecule has 40 heavy (non-hydrogen) atoms. The fourth-order valence-electron chi connectivity index (χ4n) is 6.25. The van der Waals surface area contributed by atoms with E-state index in [2.05, 4.69) is 105 Å². The van der Waals surface area contributed by atoms with E-state index in [1.54, 1.807) is 6.92 Å². The largest absolute Gasteiger partial charge is 0.492 e. The summed E-state index contributed by atoms with van der Waals surface area (Å²) in [6, 6.07) is 32.1. The Balaban J connectivity index is 1.44.